The van der Waals surface area contributed by atoms with Gasteiger partial charge in [-0.2, -0.15) is 0 Å². The summed E-state index contributed by atoms with van der Waals surface area (Å²) in [5, 5.41) is -0.270. The summed E-state index contributed by atoms with van der Waals surface area (Å²) in [6.07, 6.45) is 4.83. The van der Waals surface area contributed by atoms with Gasteiger partial charge in [-0.05, 0) is 38.2 Å². The minimum Gasteiger partial charge on any atom is -0.336 e. The van der Waals surface area contributed by atoms with Crippen molar-refractivity contribution < 1.29 is 13.2 Å². The molecule has 2 heterocycles. The molecule has 0 aliphatic carbocycles. The maximum Gasteiger partial charge on any atom is 0.227 e. The van der Waals surface area contributed by atoms with Gasteiger partial charge in [0.25, 0.3) is 0 Å². The summed E-state index contributed by atoms with van der Waals surface area (Å²) in [6.45, 7) is 2.02. The molecule has 2 aliphatic rings. The molecule has 2 saturated heterocycles. The molecule has 2 unspecified atom stereocenters. The van der Waals surface area contributed by atoms with E-state index in [1.54, 1.807) is 0 Å². The predicted molar refractivity (Wildman–Crippen MR) is 86.4 cm³/mol. The molecule has 2 atom stereocenters. The van der Waals surface area contributed by atoms with E-state index in [0.717, 1.165) is 24.0 Å². The molecule has 0 spiro atoms. The second-order valence-corrected chi connectivity index (χ2v) is 9.10. The number of rotatable bonds is 3. The second-order valence-electron chi connectivity index (χ2n) is 6.77. The predicted octanol–water partition coefficient (Wildman–Crippen LogP) is 2.10. The van der Waals surface area contributed by atoms with E-state index >= 15 is 0 Å². The molecule has 2 fully saturated rings. The van der Waals surface area contributed by atoms with Gasteiger partial charge in [0.15, 0.2) is 0 Å². The fraction of sp³-hybridized carbons (Fsp3) is 0.588. The van der Waals surface area contributed by atoms with Gasteiger partial charge < -0.3 is 4.90 Å². The number of fused-ring (bicyclic) bond motifs is 2. The lowest BCUT2D eigenvalue weighted by atomic mass is 10.0. The summed E-state index contributed by atoms with van der Waals surface area (Å²) < 4.78 is 23.6. The van der Waals surface area contributed by atoms with Crippen molar-refractivity contribution in [1.29, 1.82) is 0 Å². The van der Waals surface area contributed by atoms with Crippen LogP contribution in [0.3, 0.4) is 0 Å². The number of nitrogens with zero attached hydrogens (tertiary/aromatic N) is 1. The van der Waals surface area contributed by atoms with Gasteiger partial charge in [0.05, 0.1) is 11.7 Å². The van der Waals surface area contributed by atoms with Crippen LogP contribution in [0.2, 0.25) is 0 Å². The van der Waals surface area contributed by atoms with Crippen molar-refractivity contribution in [3.63, 3.8) is 0 Å². The van der Waals surface area contributed by atoms with Crippen LogP contribution in [0, 0.1) is 6.92 Å². The van der Waals surface area contributed by atoms with E-state index in [-0.39, 0.29) is 23.2 Å². The standard InChI is InChI=1S/C17H23NO3S/c1-12-4-3-5-13(8-12)9-17(19)18-14-6-7-15(18)11-16(10-14)22(2,20)21/h3-5,8,14-16H,6-7,9-11H2,1-2H3. The fourth-order valence-electron chi connectivity index (χ4n) is 3.97. The highest BCUT2D eigenvalue weighted by Gasteiger charge is 2.45. The monoisotopic (exact) mass is 321 g/mol. The minimum absolute atomic E-state index is 0.107. The van der Waals surface area contributed by atoms with E-state index < -0.39 is 9.84 Å². The Labute approximate surface area is 132 Å². The zero-order chi connectivity index (χ0) is 15.9. The molecule has 0 aromatic heterocycles. The number of carbonyl (C=O) groups excluding carboxylic acids is 1. The Bertz CT molecular complexity index is 669. The van der Waals surface area contributed by atoms with Crippen LogP contribution in [-0.4, -0.2) is 42.8 Å². The zero-order valence-corrected chi connectivity index (χ0v) is 14.0. The third kappa shape index (κ3) is 3.05. The van der Waals surface area contributed by atoms with E-state index in [0.29, 0.717) is 19.3 Å². The van der Waals surface area contributed by atoms with E-state index in [1.807, 2.05) is 36.1 Å². The van der Waals surface area contributed by atoms with Crippen LogP contribution in [0.1, 0.15) is 36.8 Å². The van der Waals surface area contributed by atoms with Gasteiger partial charge in [0, 0.05) is 18.3 Å². The molecule has 1 aromatic rings. The molecule has 3 rings (SSSR count). The highest BCUT2D eigenvalue weighted by atomic mass is 32.2. The quantitative estimate of drug-likeness (QED) is 0.857. The molecular formula is C17H23NO3S. The molecule has 1 aromatic carbocycles. The Morgan fingerprint density at radius 1 is 1.23 bits per heavy atom. The molecule has 22 heavy (non-hydrogen) atoms. The number of carbonyl (C=O) groups is 1. The first-order valence-electron chi connectivity index (χ1n) is 7.90. The van der Waals surface area contributed by atoms with Crippen molar-refractivity contribution in [2.24, 2.45) is 0 Å². The number of piperidine rings is 1. The summed E-state index contributed by atoms with van der Waals surface area (Å²) in [6, 6.07) is 8.24. The Kier molecular flexibility index (Phi) is 4.02. The highest BCUT2D eigenvalue weighted by Crippen LogP contribution is 2.38. The first kappa shape index (κ1) is 15.5. The van der Waals surface area contributed by atoms with Crippen LogP contribution in [0.5, 0.6) is 0 Å². The van der Waals surface area contributed by atoms with E-state index in [2.05, 4.69) is 0 Å². The average Bonchev–Trinajstić information content (AvgIpc) is 2.68. The van der Waals surface area contributed by atoms with Crippen LogP contribution in [0.4, 0.5) is 0 Å². The number of hydrogen-bond acceptors (Lipinski definition) is 3. The van der Waals surface area contributed by atoms with E-state index in [9.17, 15) is 13.2 Å². The number of benzene rings is 1. The summed E-state index contributed by atoms with van der Waals surface area (Å²) in [4.78, 5) is 14.6. The van der Waals surface area contributed by atoms with Gasteiger partial charge in [-0.3, -0.25) is 4.79 Å². The highest BCUT2D eigenvalue weighted by molar-refractivity contribution is 7.91. The van der Waals surface area contributed by atoms with E-state index in [4.69, 9.17) is 0 Å². The van der Waals surface area contributed by atoms with Crippen LogP contribution < -0.4 is 0 Å². The van der Waals surface area contributed by atoms with E-state index in [1.165, 1.54) is 6.26 Å². The van der Waals surface area contributed by atoms with Gasteiger partial charge in [-0.25, -0.2) is 8.42 Å². The topological polar surface area (TPSA) is 54.5 Å². The summed E-state index contributed by atoms with van der Waals surface area (Å²) >= 11 is 0. The SMILES string of the molecule is Cc1cccc(CC(=O)N2C3CCC2CC(S(C)(=O)=O)C3)c1. The van der Waals surface area contributed by atoms with Crippen molar-refractivity contribution in [3.05, 3.63) is 35.4 Å². The molecule has 2 aliphatic heterocycles. The minimum atomic E-state index is -3.00. The lowest BCUT2D eigenvalue weighted by Crippen LogP contribution is -2.50. The number of sulfone groups is 1. The molecule has 4 nitrogen and oxygen atoms in total. The van der Waals surface area contributed by atoms with Gasteiger partial charge in [-0.15, -0.1) is 0 Å². The van der Waals surface area contributed by atoms with Gasteiger partial charge in [0.2, 0.25) is 5.91 Å². The number of amides is 1. The first-order valence-corrected chi connectivity index (χ1v) is 9.85. The van der Waals surface area contributed by atoms with Gasteiger partial charge >= 0.3 is 0 Å². The third-order valence-electron chi connectivity index (χ3n) is 5.02. The van der Waals surface area contributed by atoms with Crippen LogP contribution >= 0.6 is 0 Å². The maximum atomic E-state index is 12.7. The summed E-state index contributed by atoms with van der Waals surface area (Å²) in [5.41, 5.74) is 2.19. The lowest BCUT2D eigenvalue weighted by Gasteiger charge is -2.38. The maximum absolute atomic E-state index is 12.7. The number of hydrogen-bond donors (Lipinski definition) is 0. The van der Waals surface area contributed by atoms with Crippen LogP contribution in [0.25, 0.3) is 0 Å². The van der Waals surface area contributed by atoms with Crippen molar-refractivity contribution in [2.75, 3.05) is 6.26 Å². The number of aryl methyl sites for hydroxylation is 1. The molecule has 0 radical (unpaired) electrons. The first-order chi connectivity index (χ1) is 10.3. The molecule has 0 saturated carbocycles. The Morgan fingerprint density at radius 3 is 2.41 bits per heavy atom. The average molecular weight is 321 g/mol. The largest absolute Gasteiger partial charge is 0.336 e. The zero-order valence-electron chi connectivity index (χ0n) is 13.2. The summed E-state index contributed by atoms with van der Waals surface area (Å²) in [5.74, 6) is 0.144. The van der Waals surface area contributed by atoms with Gasteiger partial charge in [-0.1, -0.05) is 29.8 Å². The smallest absolute Gasteiger partial charge is 0.227 e. The molecular weight excluding hydrogens is 298 g/mol. The molecule has 2 bridgehead atoms. The third-order valence-corrected chi connectivity index (χ3v) is 6.62. The van der Waals surface area contributed by atoms with Gasteiger partial charge in [0.1, 0.15) is 9.84 Å². The van der Waals surface area contributed by atoms with Crippen molar-refractivity contribution >= 4 is 15.7 Å². The van der Waals surface area contributed by atoms with Crippen LogP contribution in [0.15, 0.2) is 24.3 Å². The van der Waals surface area contributed by atoms with Crippen molar-refractivity contribution in [1.82, 2.24) is 4.90 Å². The van der Waals surface area contributed by atoms with Crippen LogP contribution in [-0.2, 0) is 21.1 Å². The van der Waals surface area contributed by atoms with Crippen molar-refractivity contribution in [3.8, 4) is 0 Å². The Balaban J connectivity index is 1.72. The normalized spacial score (nSPS) is 27.9. The molecule has 1 amide bonds. The molecule has 120 valence electrons. The summed E-state index contributed by atoms with van der Waals surface area (Å²) in [7, 11) is -3.00. The molecule has 5 heteroatoms. The second kappa shape index (κ2) is 5.69. The molecule has 0 N–H and O–H groups in total. The van der Waals surface area contributed by atoms with Crippen molar-refractivity contribution in [2.45, 2.75) is 56.4 Å². The fourth-order valence-corrected chi connectivity index (χ4v) is 5.12. The lowest BCUT2D eigenvalue weighted by molar-refractivity contribution is -0.134. The Hall–Kier alpha value is -1.36. The Morgan fingerprint density at radius 2 is 1.86 bits per heavy atom.